The smallest absolute Gasteiger partial charge is 0.242 e. The fourth-order valence-electron chi connectivity index (χ4n) is 2.12. The third-order valence-electron chi connectivity index (χ3n) is 3.17. The van der Waals surface area contributed by atoms with Gasteiger partial charge >= 0.3 is 0 Å². The normalized spacial score (nSPS) is 17.6. The summed E-state index contributed by atoms with van der Waals surface area (Å²) in [7, 11) is 0. The Morgan fingerprint density at radius 1 is 1.44 bits per heavy atom. The second kappa shape index (κ2) is 5.10. The fraction of sp³-hybridized carbons (Fsp3) is 0.538. The molecule has 1 aromatic rings. The molecule has 1 saturated heterocycles. The Hall–Kier alpha value is -1.36. The summed E-state index contributed by atoms with van der Waals surface area (Å²) >= 11 is 1.70. The first-order valence-electron chi connectivity index (χ1n) is 6.07. The molecule has 2 rings (SSSR count). The Kier molecular flexibility index (Phi) is 3.71. The monoisotopic (exact) mass is 266 g/mol. The van der Waals surface area contributed by atoms with Gasteiger partial charge in [0, 0.05) is 29.8 Å². The van der Waals surface area contributed by atoms with Crippen molar-refractivity contribution in [3.05, 3.63) is 22.4 Å². The van der Waals surface area contributed by atoms with Crippen LogP contribution in [0.15, 0.2) is 17.5 Å². The van der Waals surface area contributed by atoms with Crippen LogP contribution in [0, 0.1) is 0 Å². The van der Waals surface area contributed by atoms with Gasteiger partial charge in [-0.1, -0.05) is 19.9 Å². The van der Waals surface area contributed by atoms with E-state index in [0.717, 1.165) is 0 Å². The summed E-state index contributed by atoms with van der Waals surface area (Å²) in [4.78, 5) is 26.3. The highest BCUT2D eigenvalue weighted by molar-refractivity contribution is 7.10. The minimum atomic E-state index is -0.0722. The molecule has 1 aliphatic rings. The number of carbonyl (C=O) groups excluding carboxylic acids is 2. The van der Waals surface area contributed by atoms with Crippen LogP contribution in [-0.4, -0.2) is 36.3 Å². The minimum Gasteiger partial charge on any atom is -0.347 e. The first-order valence-corrected chi connectivity index (χ1v) is 6.95. The molecule has 0 unspecified atom stereocenters. The molecule has 0 aromatic carbocycles. The van der Waals surface area contributed by atoms with Crippen LogP contribution in [0.4, 0.5) is 0 Å². The summed E-state index contributed by atoms with van der Waals surface area (Å²) in [6.07, 6.45) is 0.395. The van der Waals surface area contributed by atoms with E-state index in [-0.39, 0.29) is 23.8 Å². The lowest BCUT2D eigenvalue weighted by Crippen LogP contribution is -2.42. The lowest BCUT2D eigenvalue weighted by molar-refractivity contribution is -0.130. The summed E-state index contributed by atoms with van der Waals surface area (Å²) in [5.41, 5.74) is -0.0722. The zero-order valence-electron chi connectivity index (χ0n) is 10.7. The van der Waals surface area contributed by atoms with Crippen LogP contribution in [0.1, 0.15) is 25.1 Å². The molecule has 98 valence electrons. The van der Waals surface area contributed by atoms with E-state index in [9.17, 15) is 9.59 Å². The maximum Gasteiger partial charge on any atom is 0.242 e. The zero-order valence-corrected chi connectivity index (χ0v) is 11.5. The van der Waals surface area contributed by atoms with Crippen LogP contribution < -0.4 is 5.32 Å². The van der Waals surface area contributed by atoms with E-state index in [4.69, 9.17) is 0 Å². The number of nitrogens with one attached hydrogen (secondary N) is 1. The van der Waals surface area contributed by atoms with E-state index < -0.39 is 0 Å². The highest BCUT2D eigenvalue weighted by Gasteiger charge is 2.29. The molecule has 0 bridgehead atoms. The van der Waals surface area contributed by atoms with Crippen molar-refractivity contribution in [2.75, 3.05) is 19.6 Å². The van der Waals surface area contributed by atoms with Crippen molar-refractivity contribution in [3.8, 4) is 0 Å². The van der Waals surface area contributed by atoms with Crippen LogP contribution in [0.2, 0.25) is 0 Å². The lowest BCUT2D eigenvalue weighted by Gasteiger charge is -2.31. The topological polar surface area (TPSA) is 49.4 Å². The Balaban J connectivity index is 2.08. The summed E-state index contributed by atoms with van der Waals surface area (Å²) < 4.78 is 0. The van der Waals surface area contributed by atoms with Gasteiger partial charge in [-0.15, -0.1) is 11.3 Å². The molecule has 0 atom stereocenters. The fourth-order valence-corrected chi connectivity index (χ4v) is 2.97. The number of thiophene rings is 1. The Bertz CT molecular complexity index is 440. The van der Waals surface area contributed by atoms with Crippen molar-refractivity contribution < 1.29 is 9.59 Å². The molecule has 0 radical (unpaired) electrons. The summed E-state index contributed by atoms with van der Waals surface area (Å²) in [6.45, 7) is 5.55. The molecule has 1 fully saturated rings. The lowest BCUT2D eigenvalue weighted by atomic mass is 9.90. The van der Waals surface area contributed by atoms with Gasteiger partial charge in [0.15, 0.2) is 0 Å². The number of amides is 2. The molecule has 0 spiro atoms. The number of hydrogen-bond donors (Lipinski definition) is 1. The standard InChI is InChI=1S/C13H18N2O2S/c1-13(2,10-4-3-7-18-10)9-15-6-5-11(16)14-8-12(15)17/h3-4,7H,5-6,8-9H2,1-2H3,(H,14,16). The Morgan fingerprint density at radius 2 is 2.22 bits per heavy atom. The predicted octanol–water partition coefficient (Wildman–Crippen LogP) is 1.37. The van der Waals surface area contributed by atoms with Crippen LogP contribution in [0.5, 0.6) is 0 Å². The first-order chi connectivity index (χ1) is 8.49. The van der Waals surface area contributed by atoms with Crippen LogP contribution in [0.25, 0.3) is 0 Å². The van der Waals surface area contributed by atoms with Crippen molar-refractivity contribution in [2.45, 2.75) is 25.7 Å². The molecule has 4 nitrogen and oxygen atoms in total. The van der Waals surface area contributed by atoms with Gasteiger partial charge in [0.05, 0.1) is 6.54 Å². The van der Waals surface area contributed by atoms with E-state index >= 15 is 0 Å². The quantitative estimate of drug-likeness (QED) is 0.898. The maximum absolute atomic E-state index is 11.9. The minimum absolute atomic E-state index is 0.00508. The third-order valence-corrected chi connectivity index (χ3v) is 4.41. The molecule has 18 heavy (non-hydrogen) atoms. The molecule has 2 amide bonds. The summed E-state index contributed by atoms with van der Waals surface area (Å²) in [5.74, 6) is -0.0368. The van der Waals surface area contributed by atoms with Crippen molar-refractivity contribution in [1.29, 1.82) is 0 Å². The van der Waals surface area contributed by atoms with Crippen molar-refractivity contribution in [2.24, 2.45) is 0 Å². The number of hydrogen-bond acceptors (Lipinski definition) is 3. The third kappa shape index (κ3) is 2.90. The number of rotatable bonds is 3. The van der Waals surface area contributed by atoms with Gasteiger partial charge in [-0.05, 0) is 11.4 Å². The molecule has 1 N–H and O–H groups in total. The van der Waals surface area contributed by atoms with Crippen molar-refractivity contribution in [1.82, 2.24) is 10.2 Å². The maximum atomic E-state index is 11.9. The Labute approximate surface area is 111 Å². The van der Waals surface area contributed by atoms with Gasteiger partial charge in [0.2, 0.25) is 11.8 Å². The molecule has 1 aliphatic heterocycles. The highest BCUT2D eigenvalue weighted by Crippen LogP contribution is 2.28. The molecule has 1 aromatic heterocycles. The average molecular weight is 266 g/mol. The summed E-state index contributed by atoms with van der Waals surface area (Å²) in [5, 5.41) is 4.67. The van der Waals surface area contributed by atoms with Crippen LogP contribution in [0.3, 0.4) is 0 Å². The zero-order chi connectivity index (χ0) is 13.2. The second-order valence-electron chi connectivity index (χ2n) is 5.20. The number of carbonyl (C=O) groups is 2. The van der Waals surface area contributed by atoms with Gasteiger partial charge < -0.3 is 10.2 Å². The first kappa shape index (κ1) is 13.1. The van der Waals surface area contributed by atoms with Crippen LogP contribution in [-0.2, 0) is 15.0 Å². The van der Waals surface area contributed by atoms with Gasteiger partial charge in [-0.3, -0.25) is 9.59 Å². The molecular formula is C13H18N2O2S. The van der Waals surface area contributed by atoms with E-state index in [1.807, 2.05) is 11.4 Å². The molecule has 0 aliphatic carbocycles. The number of nitrogens with zero attached hydrogens (tertiary/aromatic N) is 1. The average Bonchev–Trinajstić information content (AvgIpc) is 2.81. The molecule has 5 heteroatoms. The van der Waals surface area contributed by atoms with Crippen LogP contribution >= 0.6 is 11.3 Å². The van der Waals surface area contributed by atoms with Gasteiger partial charge in [0.1, 0.15) is 0 Å². The highest BCUT2D eigenvalue weighted by atomic mass is 32.1. The van der Waals surface area contributed by atoms with E-state index in [1.54, 1.807) is 16.2 Å². The van der Waals surface area contributed by atoms with E-state index in [2.05, 4.69) is 25.2 Å². The molecular weight excluding hydrogens is 248 g/mol. The van der Waals surface area contributed by atoms with E-state index in [1.165, 1.54) is 4.88 Å². The largest absolute Gasteiger partial charge is 0.347 e. The SMILES string of the molecule is CC(C)(CN1CCC(=O)NCC1=O)c1cccs1. The van der Waals surface area contributed by atoms with Crippen molar-refractivity contribution in [3.63, 3.8) is 0 Å². The molecule has 0 saturated carbocycles. The van der Waals surface area contributed by atoms with Crippen molar-refractivity contribution >= 4 is 23.2 Å². The van der Waals surface area contributed by atoms with Gasteiger partial charge in [-0.25, -0.2) is 0 Å². The van der Waals surface area contributed by atoms with Gasteiger partial charge in [0.25, 0.3) is 0 Å². The Morgan fingerprint density at radius 3 is 2.89 bits per heavy atom. The predicted molar refractivity (Wildman–Crippen MR) is 71.6 cm³/mol. The van der Waals surface area contributed by atoms with Gasteiger partial charge in [-0.2, -0.15) is 0 Å². The molecule has 2 heterocycles. The summed E-state index contributed by atoms with van der Waals surface area (Å²) in [6, 6.07) is 4.12. The second-order valence-corrected chi connectivity index (χ2v) is 6.15. The van der Waals surface area contributed by atoms with E-state index in [0.29, 0.717) is 19.5 Å².